The number of nitrogens with zero attached hydrogens (tertiary/aromatic N) is 2. The number of halogens is 1. The van der Waals surface area contributed by atoms with Crippen LogP contribution in [0.5, 0.6) is 0 Å². The van der Waals surface area contributed by atoms with Crippen LogP contribution in [0, 0.1) is 0 Å². The minimum atomic E-state index is 0.0212. The Labute approximate surface area is 112 Å². The molecule has 0 atom stereocenters. The van der Waals surface area contributed by atoms with Gasteiger partial charge in [-0.2, -0.15) is 0 Å². The molecule has 2 aliphatic heterocycles. The van der Waals surface area contributed by atoms with Gasteiger partial charge in [-0.3, -0.25) is 9.69 Å². The van der Waals surface area contributed by atoms with Gasteiger partial charge in [0.25, 0.3) is 5.91 Å². The Kier molecular flexibility index (Phi) is 2.80. The monoisotopic (exact) mass is 308 g/mol. The first kappa shape index (κ1) is 11.0. The molecule has 0 spiro atoms. The van der Waals surface area contributed by atoms with Gasteiger partial charge < -0.3 is 0 Å². The minimum absolute atomic E-state index is 0.0212. The predicted molar refractivity (Wildman–Crippen MR) is 73.7 cm³/mol. The smallest absolute Gasteiger partial charge is 0.278 e. The Balaban J connectivity index is 1.93. The van der Waals surface area contributed by atoms with Gasteiger partial charge in [0.1, 0.15) is 5.70 Å². The lowest BCUT2D eigenvalue weighted by molar-refractivity contribution is -0.122. The normalized spacial score (nSPS) is 21.0. The summed E-state index contributed by atoms with van der Waals surface area (Å²) < 4.78 is 1.03. The van der Waals surface area contributed by atoms with Gasteiger partial charge in [-0.05, 0) is 23.8 Å². The molecule has 86 valence electrons. The molecule has 2 heterocycles. The summed E-state index contributed by atoms with van der Waals surface area (Å²) in [6.07, 6.45) is 1.83. The van der Waals surface area contributed by atoms with E-state index in [1.54, 1.807) is 16.7 Å². The number of amides is 1. The van der Waals surface area contributed by atoms with E-state index in [-0.39, 0.29) is 5.91 Å². The van der Waals surface area contributed by atoms with Gasteiger partial charge >= 0.3 is 0 Å². The molecule has 0 bridgehead atoms. The van der Waals surface area contributed by atoms with Crippen LogP contribution in [0.4, 0.5) is 0 Å². The zero-order valence-corrected chi connectivity index (χ0v) is 11.3. The zero-order valence-electron chi connectivity index (χ0n) is 8.89. The summed E-state index contributed by atoms with van der Waals surface area (Å²) in [6.45, 7) is 0.778. The van der Waals surface area contributed by atoms with E-state index in [2.05, 4.69) is 20.9 Å². The van der Waals surface area contributed by atoms with E-state index < -0.39 is 0 Å². The number of hydrogen-bond acceptors (Lipinski definition) is 3. The summed E-state index contributed by atoms with van der Waals surface area (Å²) in [6, 6.07) is 7.83. The van der Waals surface area contributed by atoms with Crippen molar-refractivity contribution in [3.8, 4) is 0 Å². The molecule has 1 aromatic rings. The highest BCUT2D eigenvalue weighted by Gasteiger charge is 2.33. The molecule has 1 saturated heterocycles. The van der Waals surface area contributed by atoms with Gasteiger partial charge in [-0.1, -0.05) is 39.8 Å². The maximum absolute atomic E-state index is 12.0. The molecule has 0 N–H and O–H groups in total. The number of aliphatic imine (C=N–C) groups is 1. The molecule has 0 aromatic heterocycles. The summed E-state index contributed by atoms with van der Waals surface area (Å²) in [5.74, 6) is 0.976. The summed E-state index contributed by atoms with van der Waals surface area (Å²) in [5, 5.41) is 0.846. The number of rotatable bonds is 1. The number of thioether (sulfide) groups is 1. The quantitative estimate of drug-likeness (QED) is 0.747. The molecule has 1 amide bonds. The van der Waals surface area contributed by atoms with Gasteiger partial charge in [0, 0.05) is 16.8 Å². The average Bonchev–Trinajstić information content (AvgIpc) is 2.87. The molecule has 1 fully saturated rings. The lowest BCUT2D eigenvalue weighted by Gasteiger charge is -2.05. The third-order valence-electron chi connectivity index (χ3n) is 2.63. The first-order valence-electron chi connectivity index (χ1n) is 5.25. The fourth-order valence-electron chi connectivity index (χ4n) is 1.78. The molecule has 0 saturated carbocycles. The third-order valence-corrected chi connectivity index (χ3v) is 4.12. The fraction of sp³-hybridized carbons (Fsp3) is 0.167. The van der Waals surface area contributed by atoms with Crippen molar-refractivity contribution in [2.75, 3.05) is 12.3 Å². The van der Waals surface area contributed by atoms with Crippen molar-refractivity contribution in [1.82, 2.24) is 4.90 Å². The Morgan fingerprint density at radius 1 is 1.35 bits per heavy atom. The van der Waals surface area contributed by atoms with E-state index in [9.17, 15) is 4.79 Å². The van der Waals surface area contributed by atoms with Crippen LogP contribution in [-0.2, 0) is 4.79 Å². The second-order valence-electron chi connectivity index (χ2n) is 3.78. The SMILES string of the molecule is O=C1C(=Cc2ccc(Br)cc2)N=C2SCCN12. The highest BCUT2D eigenvalue weighted by Crippen LogP contribution is 2.28. The maximum atomic E-state index is 12.0. The number of carbonyl (C=O) groups is 1. The van der Waals surface area contributed by atoms with Crippen molar-refractivity contribution in [2.45, 2.75) is 0 Å². The highest BCUT2D eigenvalue weighted by molar-refractivity contribution is 9.10. The lowest BCUT2D eigenvalue weighted by Crippen LogP contribution is -2.26. The number of amidine groups is 1. The van der Waals surface area contributed by atoms with Crippen molar-refractivity contribution < 1.29 is 4.79 Å². The molecular weight excluding hydrogens is 300 g/mol. The van der Waals surface area contributed by atoms with Crippen LogP contribution in [0.2, 0.25) is 0 Å². The molecule has 3 nitrogen and oxygen atoms in total. The molecule has 2 aliphatic rings. The average molecular weight is 309 g/mol. The molecule has 0 aliphatic carbocycles. The zero-order chi connectivity index (χ0) is 11.8. The van der Waals surface area contributed by atoms with Crippen molar-refractivity contribution in [2.24, 2.45) is 4.99 Å². The predicted octanol–water partition coefficient (Wildman–Crippen LogP) is 2.74. The lowest BCUT2D eigenvalue weighted by atomic mass is 10.2. The van der Waals surface area contributed by atoms with Crippen LogP contribution in [0.25, 0.3) is 6.08 Å². The summed E-state index contributed by atoms with van der Waals surface area (Å²) in [5.41, 5.74) is 1.53. The topological polar surface area (TPSA) is 32.7 Å². The fourth-order valence-corrected chi connectivity index (χ4v) is 3.00. The largest absolute Gasteiger partial charge is 0.285 e. The van der Waals surface area contributed by atoms with Crippen LogP contribution < -0.4 is 0 Å². The van der Waals surface area contributed by atoms with Crippen LogP contribution in [0.15, 0.2) is 39.4 Å². The van der Waals surface area contributed by atoms with Gasteiger partial charge in [0.15, 0.2) is 5.17 Å². The molecule has 17 heavy (non-hydrogen) atoms. The van der Waals surface area contributed by atoms with Gasteiger partial charge in [-0.25, -0.2) is 4.99 Å². The van der Waals surface area contributed by atoms with E-state index in [0.29, 0.717) is 5.70 Å². The molecule has 5 heteroatoms. The van der Waals surface area contributed by atoms with Crippen molar-refractivity contribution in [3.63, 3.8) is 0 Å². The molecular formula is C12H9BrN2OS. The van der Waals surface area contributed by atoms with Crippen LogP contribution >= 0.6 is 27.7 Å². The van der Waals surface area contributed by atoms with E-state index in [4.69, 9.17) is 0 Å². The molecule has 0 unspecified atom stereocenters. The van der Waals surface area contributed by atoms with Gasteiger partial charge in [0.05, 0.1) is 0 Å². The van der Waals surface area contributed by atoms with E-state index in [1.807, 2.05) is 30.3 Å². The number of carbonyl (C=O) groups excluding carboxylic acids is 1. The Morgan fingerprint density at radius 2 is 2.12 bits per heavy atom. The first-order chi connectivity index (χ1) is 8.24. The van der Waals surface area contributed by atoms with Crippen molar-refractivity contribution in [3.05, 3.63) is 40.0 Å². The van der Waals surface area contributed by atoms with Gasteiger partial charge in [0.2, 0.25) is 0 Å². The molecule has 1 aromatic carbocycles. The number of fused-ring (bicyclic) bond motifs is 1. The maximum Gasteiger partial charge on any atom is 0.278 e. The second kappa shape index (κ2) is 4.31. The van der Waals surface area contributed by atoms with E-state index >= 15 is 0 Å². The Morgan fingerprint density at radius 3 is 2.82 bits per heavy atom. The Hall–Kier alpha value is -1.07. The van der Waals surface area contributed by atoms with E-state index in [0.717, 1.165) is 27.5 Å². The second-order valence-corrected chi connectivity index (χ2v) is 5.76. The highest BCUT2D eigenvalue weighted by atomic mass is 79.9. The molecule has 0 radical (unpaired) electrons. The third kappa shape index (κ3) is 2.05. The number of hydrogen-bond donors (Lipinski definition) is 0. The number of benzene rings is 1. The molecule has 3 rings (SSSR count). The summed E-state index contributed by atoms with van der Waals surface area (Å²) >= 11 is 5.02. The van der Waals surface area contributed by atoms with E-state index in [1.165, 1.54) is 0 Å². The van der Waals surface area contributed by atoms with Crippen LogP contribution in [0.3, 0.4) is 0 Å². The Bertz CT molecular complexity index is 536. The minimum Gasteiger partial charge on any atom is -0.285 e. The van der Waals surface area contributed by atoms with Crippen molar-refractivity contribution >= 4 is 44.8 Å². The standard InChI is InChI=1S/C12H9BrN2OS/c13-9-3-1-8(2-4-9)7-10-11(16)15-5-6-17-12(15)14-10/h1-4,7H,5-6H2. The van der Waals surface area contributed by atoms with Crippen molar-refractivity contribution in [1.29, 1.82) is 0 Å². The summed E-state index contributed by atoms with van der Waals surface area (Å²) in [7, 11) is 0. The van der Waals surface area contributed by atoms with Gasteiger partial charge in [-0.15, -0.1) is 0 Å². The summed E-state index contributed by atoms with van der Waals surface area (Å²) in [4.78, 5) is 18.1. The first-order valence-corrected chi connectivity index (χ1v) is 7.02. The van der Waals surface area contributed by atoms with Crippen LogP contribution in [-0.4, -0.2) is 28.3 Å². The van der Waals surface area contributed by atoms with Crippen LogP contribution in [0.1, 0.15) is 5.56 Å².